The second-order valence-corrected chi connectivity index (χ2v) is 5.87. The lowest BCUT2D eigenvalue weighted by atomic mass is 9.95. The molecule has 2 aliphatic heterocycles. The van der Waals surface area contributed by atoms with E-state index in [1.807, 2.05) is 30.3 Å². The normalized spacial score (nSPS) is 18.9. The lowest BCUT2D eigenvalue weighted by Gasteiger charge is -2.23. The number of ether oxygens (including phenoxy) is 2. The number of benzene rings is 2. The first kappa shape index (κ1) is 14.1. The van der Waals surface area contributed by atoms with Crippen LogP contribution >= 0.6 is 0 Å². The molecule has 2 aliphatic rings. The van der Waals surface area contributed by atoms with Gasteiger partial charge in [0.25, 0.3) is 5.91 Å². The molecule has 5 heteroatoms. The molecular formula is C18H19N2O3+. The summed E-state index contributed by atoms with van der Waals surface area (Å²) in [6.07, 6.45) is 0.757. The van der Waals surface area contributed by atoms with Gasteiger partial charge < -0.3 is 20.1 Å². The molecule has 0 radical (unpaired) electrons. The standard InChI is InChI=1S/C18H18N2O3/c21-18(15-9-12-3-1-2-4-13(12)11-19-15)20-14-5-6-16-17(10-14)23-8-7-22-16/h1-6,10,15,19H,7-9,11H2,(H,20,21)/p+1/t15-/m0/s1. The summed E-state index contributed by atoms with van der Waals surface area (Å²) in [6, 6.07) is 13.7. The van der Waals surface area contributed by atoms with Crippen LogP contribution in [0, 0.1) is 0 Å². The van der Waals surface area contributed by atoms with E-state index in [1.165, 1.54) is 11.1 Å². The van der Waals surface area contributed by atoms with Crippen molar-refractivity contribution in [2.45, 2.75) is 19.0 Å². The maximum atomic E-state index is 12.5. The molecule has 118 valence electrons. The highest BCUT2D eigenvalue weighted by Crippen LogP contribution is 2.32. The summed E-state index contributed by atoms with van der Waals surface area (Å²) in [7, 11) is 0. The van der Waals surface area contributed by atoms with Crippen molar-refractivity contribution >= 4 is 11.6 Å². The number of quaternary nitrogens is 1. The summed E-state index contributed by atoms with van der Waals surface area (Å²) in [5.74, 6) is 1.44. The van der Waals surface area contributed by atoms with Gasteiger partial charge in [-0.25, -0.2) is 0 Å². The average molecular weight is 311 g/mol. The van der Waals surface area contributed by atoms with E-state index in [0.717, 1.165) is 24.4 Å². The Balaban J connectivity index is 1.46. The van der Waals surface area contributed by atoms with Gasteiger partial charge in [0.05, 0.1) is 0 Å². The van der Waals surface area contributed by atoms with Crippen LogP contribution in [0.4, 0.5) is 5.69 Å². The van der Waals surface area contributed by atoms with Gasteiger partial charge in [0.15, 0.2) is 17.5 Å². The van der Waals surface area contributed by atoms with Gasteiger partial charge in [0.1, 0.15) is 19.8 Å². The van der Waals surface area contributed by atoms with Crippen LogP contribution < -0.4 is 20.1 Å². The molecule has 0 aromatic heterocycles. The molecule has 0 unspecified atom stereocenters. The number of amides is 1. The van der Waals surface area contributed by atoms with E-state index in [0.29, 0.717) is 19.0 Å². The van der Waals surface area contributed by atoms with Gasteiger partial charge in [-0.2, -0.15) is 0 Å². The molecule has 2 heterocycles. The third-order valence-corrected chi connectivity index (χ3v) is 4.33. The van der Waals surface area contributed by atoms with E-state index in [-0.39, 0.29) is 11.9 Å². The number of nitrogens with two attached hydrogens (primary N) is 1. The van der Waals surface area contributed by atoms with Gasteiger partial charge in [0, 0.05) is 23.7 Å². The molecule has 0 saturated carbocycles. The first-order chi connectivity index (χ1) is 11.3. The monoisotopic (exact) mass is 311 g/mol. The highest BCUT2D eigenvalue weighted by Gasteiger charge is 2.27. The lowest BCUT2D eigenvalue weighted by molar-refractivity contribution is -0.694. The van der Waals surface area contributed by atoms with Crippen LogP contribution in [0.25, 0.3) is 0 Å². The van der Waals surface area contributed by atoms with Gasteiger partial charge in [-0.15, -0.1) is 0 Å². The summed E-state index contributed by atoms with van der Waals surface area (Å²) in [6.45, 7) is 1.95. The van der Waals surface area contributed by atoms with E-state index in [9.17, 15) is 4.79 Å². The van der Waals surface area contributed by atoms with Crippen molar-refractivity contribution in [3.63, 3.8) is 0 Å². The fraction of sp³-hybridized carbons (Fsp3) is 0.278. The van der Waals surface area contributed by atoms with Crippen molar-refractivity contribution < 1.29 is 19.6 Å². The number of rotatable bonds is 2. The summed E-state index contributed by atoms with van der Waals surface area (Å²) >= 11 is 0. The molecule has 4 rings (SSSR count). The molecule has 0 bridgehead atoms. The summed E-state index contributed by atoms with van der Waals surface area (Å²) in [5, 5.41) is 5.08. The van der Waals surface area contributed by atoms with E-state index in [4.69, 9.17) is 9.47 Å². The minimum absolute atomic E-state index is 0.0242. The van der Waals surface area contributed by atoms with Crippen LogP contribution in [0.15, 0.2) is 42.5 Å². The smallest absolute Gasteiger partial charge is 0.282 e. The predicted molar refractivity (Wildman–Crippen MR) is 85.6 cm³/mol. The Morgan fingerprint density at radius 3 is 2.70 bits per heavy atom. The summed E-state index contributed by atoms with van der Waals surface area (Å²) in [4.78, 5) is 12.5. The Bertz CT molecular complexity index is 745. The first-order valence-electron chi connectivity index (χ1n) is 7.90. The lowest BCUT2D eigenvalue weighted by Crippen LogP contribution is -2.92. The maximum Gasteiger partial charge on any atom is 0.282 e. The zero-order chi connectivity index (χ0) is 15.6. The van der Waals surface area contributed by atoms with Crippen LogP contribution in [-0.2, 0) is 17.8 Å². The number of carbonyl (C=O) groups excluding carboxylic acids is 1. The second-order valence-electron chi connectivity index (χ2n) is 5.87. The number of fused-ring (bicyclic) bond motifs is 2. The molecule has 0 aliphatic carbocycles. The van der Waals surface area contributed by atoms with Crippen molar-refractivity contribution in [3.8, 4) is 11.5 Å². The topological polar surface area (TPSA) is 64.2 Å². The zero-order valence-electron chi connectivity index (χ0n) is 12.7. The summed E-state index contributed by atoms with van der Waals surface area (Å²) < 4.78 is 11.0. The number of carbonyl (C=O) groups is 1. The highest BCUT2D eigenvalue weighted by atomic mass is 16.6. The van der Waals surface area contributed by atoms with Crippen molar-refractivity contribution in [1.29, 1.82) is 0 Å². The minimum atomic E-state index is -0.0990. The number of hydrogen-bond donors (Lipinski definition) is 2. The van der Waals surface area contributed by atoms with Crippen LogP contribution in [0.3, 0.4) is 0 Å². The fourth-order valence-electron chi connectivity index (χ4n) is 3.10. The van der Waals surface area contributed by atoms with Crippen molar-refractivity contribution in [2.24, 2.45) is 0 Å². The molecule has 1 atom stereocenters. The quantitative estimate of drug-likeness (QED) is 0.872. The molecule has 5 nitrogen and oxygen atoms in total. The minimum Gasteiger partial charge on any atom is -0.486 e. The first-order valence-corrected chi connectivity index (χ1v) is 7.90. The van der Waals surface area contributed by atoms with E-state index >= 15 is 0 Å². The second kappa shape index (κ2) is 5.93. The van der Waals surface area contributed by atoms with Gasteiger partial charge in [-0.05, 0) is 17.7 Å². The SMILES string of the molecule is O=C(Nc1ccc2c(c1)OCCO2)[C@@H]1Cc2ccccc2C[NH2+]1. The Morgan fingerprint density at radius 1 is 1.04 bits per heavy atom. The Kier molecular flexibility index (Phi) is 3.63. The van der Waals surface area contributed by atoms with Crippen LogP contribution in [0.1, 0.15) is 11.1 Å². The zero-order valence-corrected chi connectivity index (χ0v) is 12.7. The maximum absolute atomic E-state index is 12.5. The molecule has 2 aromatic carbocycles. The molecule has 0 fully saturated rings. The predicted octanol–water partition coefficient (Wildman–Crippen LogP) is 1.08. The molecule has 2 aromatic rings. The van der Waals surface area contributed by atoms with E-state index in [2.05, 4.69) is 22.8 Å². The molecule has 23 heavy (non-hydrogen) atoms. The fourth-order valence-corrected chi connectivity index (χ4v) is 3.10. The van der Waals surface area contributed by atoms with E-state index < -0.39 is 0 Å². The number of nitrogens with one attached hydrogen (secondary N) is 1. The van der Waals surface area contributed by atoms with Gasteiger partial charge in [-0.1, -0.05) is 24.3 Å². The Hall–Kier alpha value is -2.53. The Labute approximate surface area is 134 Å². The van der Waals surface area contributed by atoms with Crippen LogP contribution in [0.2, 0.25) is 0 Å². The third-order valence-electron chi connectivity index (χ3n) is 4.33. The van der Waals surface area contributed by atoms with Crippen molar-refractivity contribution in [2.75, 3.05) is 18.5 Å². The molecule has 1 amide bonds. The molecule has 3 N–H and O–H groups in total. The third kappa shape index (κ3) is 2.87. The molecular weight excluding hydrogens is 292 g/mol. The molecule has 0 spiro atoms. The van der Waals surface area contributed by atoms with Crippen molar-refractivity contribution in [3.05, 3.63) is 53.6 Å². The van der Waals surface area contributed by atoms with Crippen LogP contribution in [0.5, 0.6) is 11.5 Å². The highest BCUT2D eigenvalue weighted by molar-refractivity contribution is 5.94. The average Bonchev–Trinajstić information content (AvgIpc) is 2.61. The van der Waals surface area contributed by atoms with Crippen molar-refractivity contribution in [1.82, 2.24) is 0 Å². The Morgan fingerprint density at radius 2 is 1.83 bits per heavy atom. The largest absolute Gasteiger partial charge is 0.486 e. The number of anilines is 1. The van der Waals surface area contributed by atoms with E-state index in [1.54, 1.807) is 0 Å². The van der Waals surface area contributed by atoms with Gasteiger partial charge >= 0.3 is 0 Å². The van der Waals surface area contributed by atoms with Gasteiger partial charge in [0.2, 0.25) is 0 Å². The number of hydrogen-bond acceptors (Lipinski definition) is 3. The molecule has 0 saturated heterocycles. The van der Waals surface area contributed by atoms with Gasteiger partial charge in [-0.3, -0.25) is 4.79 Å². The summed E-state index contributed by atoms with van der Waals surface area (Å²) in [5.41, 5.74) is 3.32. The van der Waals surface area contributed by atoms with Crippen LogP contribution in [-0.4, -0.2) is 25.2 Å².